The predicted molar refractivity (Wildman–Crippen MR) is 91.2 cm³/mol. The van der Waals surface area contributed by atoms with Gasteiger partial charge in [0.25, 0.3) is 0 Å². The standard InChI is InChI=1S/C18H30N4O/c1-15-19-11-14-21(15)12-5-4-10-20-18(23)17-9-6-13-22(17)16-7-2-3-8-16/h11,14,16-17H,2-10,12-13H2,1H3,(H,20,23)/t17-/m0/s1. The molecule has 1 aromatic rings. The van der Waals surface area contributed by atoms with Crippen molar-refractivity contribution in [1.29, 1.82) is 0 Å². The van der Waals surface area contributed by atoms with Crippen LogP contribution in [0.5, 0.6) is 0 Å². The van der Waals surface area contributed by atoms with E-state index in [1.54, 1.807) is 0 Å². The van der Waals surface area contributed by atoms with Gasteiger partial charge < -0.3 is 9.88 Å². The van der Waals surface area contributed by atoms with Crippen LogP contribution in [0, 0.1) is 6.92 Å². The van der Waals surface area contributed by atoms with Gasteiger partial charge in [-0.3, -0.25) is 9.69 Å². The molecule has 1 N–H and O–H groups in total. The number of hydrogen-bond acceptors (Lipinski definition) is 3. The second kappa shape index (κ2) is 7.95. The Morgan fingerprint density at radius 3 is 2.83 bits per heavy atom. The Morgan fingerprint density at radius 2 is 2.09 bits per heavy atom. The maximum Gasteiger partial charge on any atom is 0.237 e. The highest BCUT2D eigenvalue weighted by atomic mass is 16.2. The van der Waals surface area contributed by atoms with E-state index >= 15 is 0 Å². The van der Waals surface area contributed by atoms with Gasteiger partial charge in [-0.05, 0) is 52.0 Å². The first-order valence-corrected chi connectivity index (χ1v) is 9.27. The lowest BCUT2D eigenvalue weighted by molar-refractivity contribution is -0.126. The number of amides is 1. The van der Waals surface area contributed by atoms with Gasteiger partial charge in [-0.25, -0.2) is 4.98 Å². The van der Waals surface area contributed by atoms with Gasteiger partial charge in [-0.15, -0.1) is 0 Å². The maximum atomic E-state index is 12.5. The van der Waals surface area contributed by atoms with Gasteiger partial charge in [0, 0.05) is 31.5 Å². The van der Waals surface area contributed by atoms with E-state index in [-0.39, 0.29) is 11.9 Å². The molecule has 1 atom stereocenters. The number of hydrogen-bond donors (Lipinski definition) is 1. The number of aryl methyl sites for hydroxylation is 2. The van der Waals surface area contributed by atoms with Crippen molar-refractivity contribution in [2.75, 3.05) is 13.1 Å². The van der Waals surface area contributed by atoms with Crippen LogP contribution in [0.4, 0.5) is 0 Å². The van der Waals surface area contributed by atoms with Crippen LogP contribution >= 0.6 is 0 Å². The number of carbonyl (C=O) groups is 1. The zero-order valence-electron chi connectivity index (χ0n) is 14.3. The number of nitrogens with zero attached hydrogens (tertiary/aromatic N) is 3. The highest BCUT2D eigenvalue weighted by molar-refractivity contribution is 5.82. The van der Waals surface area contributed by atoms with Crippen molar-refractivity contribution in [2.24, 2.45) is 0 Å². The van der Waals surface area contributed by atoms with Gasteiger partial charge in [0.15, 0.2) is 0 Å². The average Bonchev–Trinajstić information content (AvgIpc) is 3.28. The highest BCUT2D eigenvalue weighted by Gasteiger charge is 2.36. The third-order valence-electron chi connectivity index (χ3n) is 5.44. The molecule has 23 heavy (non-hydrogen) atoms. The van der Waals surface area contributed by atoms with E-state index in [0.717, 1.165) is 44.7 Å². The molecule has 3 rings (SSSR count). The summed E-state index contributed by atoms with van der Waals surface area (Å²) in [5, 5.41) is 3.17. The van der Waals surface area contributed by atoms with Crippen molar-refractivity contribution in [3.8, 4) is 0 Å². The maximum absolute atomic E-state index is 12.5. The first kappa shape index (κ1) is 16.5. The fraction of sp³-hybridized carbons (Fsp3) is 0.778. The SMILES string of the molecule is Cc1nccn1CCCCNC(=O)[C@@H]1CCCN1C1CCCC1. The lowest BCUT2D eigenvalue weighted by Crippen LogP contribution is -2.47. The zero-order valence-corrected chi connectivity index (χ0v) is 14.3. The van der Waals surface area contributed by atoms with Crippen LogP contribution in [-0.4, -0.2) is 45.5 Å². The second-order valence-electron chi connectivity index (χ2n) is 7.00. The second-order valence-corrected chi connectivity index (χ2v) is 7.00. The van der Waals surface area contributed by atoms with Crippen LogP contribution in [0.1, 0.15) is 57.2 Å². The molecule has 5 nitrogen and oxygen atoms in total. The number of rotatable bonds is 7. The minimum Gasteiger partial charge on any atom is -0.355 e. The van der Waals surface area contributed by atoms with Crippen molar-refractivity contribution < 1.29 is 4.79 Å². The lowest BCUT2D eigenvalue weighted by Gasteiger charge is -2.29. The van der Waals surface area contributed by atoms with E-state index in [2.05, 4.69) is 19.8 Å². The molecular weight excluding hydrogens is 288 g/mol. The molecule has 0 spiro atoms. The summed E-state index contributed by atoms with van der Waals surface area (Å²) in [5.74, 6) is 1.32. The smallest absolute Gasteiger partial charge is 0.237 e. The lowest BCUT2D eigenvalue weighted by atomic mass is 10.1. The van der Waals surface area contributed by atoms with Crippen LogP contribution in [0.2, 0.25) is 0 Å². The first-order chi connectivity index (χ1) is 11.3. The number of nitrogens with one attached hydrogen (secondary N) is 1. The van der Waals surface area contributed by atoms with E-state index < -0.39 is 0 Å². The number of imidazole rings is 1. The average molecular weight is 318 g/mol. The summed E-state index contributed by atoms with van der Waals surface area (Å²) in [5.41, 5.74) is 0. The quantitative estimate of drug-likeness (QED) is 0.786. The van der Waals surface area contributed by atoms with Gasteiger partial charge in [-0.1, -0.05) is 12.8 Å². The third-order valence-corrected chi connectivity index (χ3v) is 5.44. The van der Waals surface area contributed by atoms with E-state index in [1.807, 2.05) is 19.3 Å². The number of carbonyl (C=O) groups excluding carboxylic acids is 1. The van der Waals surface area contributed by atoms with Gasteiger partial charge in [-0.2, -0.15) is 0 Å². The molecule has 0 radical (unpaired) electrons. The van der Waals surface area contributed by atoms with Crippen LogP contribution in [0.3, 0.4) is 0 Å². The van der Waals surface area contributed by atoms with E-state index in [4.69, 9.17) is 0 Å². The summed E-state index contributed by atoms with van der Waals surface area (Å²) >= 11 is 0. The van der Waals surface area contributed by atoms with Crippen LogP contribution in [0.15, 0.2) is 12.4 Å². The topological polar surface area (TPSA) is 50.2 Å². The molecule has 5 heteroatoms. The minimum absolute atomic E-state index is 0.133. The molecule has 0 unspecified atom stereocenters. The van der Waals surface area contributed by atoms with Gasteiger partial charge in [0.2, 0.25) is 5.91 Å². The molecule has 2 fully saturated rings. The highest BCUT2D eigenvalue weighted by Crippen LogP contribution is 2.30. The normalized spacial score (nSPS) is 22.7. The summed E-state index contributed by atoms with van der Waals surface area (Å²) in [6, 6.07) is 0.798. The summed E-state index contributed by atoms with van der Waals surface area (Å²) in [6.45, 7) is 4.92. The summed E-state index contributed by atoms with van der Waals surface area (Å²) in [7, 11) is 0. The zero-order chi connectivity index (χ0) is 16.1. The number of unbranched alkanes of at least 4 members (excludes halogenated alkanes) is 1. The van der Waals surface area contributed by atoms with E-state index in [0.29, 0.717) is 6.04 Å². The minimum atomic E-state index is 0.133. The predicted octanol–water partition coefficient (Wildman–Crippen LogP) is 2.49. The molecule has 128 valence electrons. The van der Waals surface area contributed by atoms with Gasteiger partial charge in [0.1, 0.15) is 5.82 Å². The molecule has 1 aliphatic heterocycles. The van der Waals surface area contributed by atoms with Gasteiger partial charge in [0.05, 0.1) is 6.04 Å². The molecule has 2 heterocycles. The Morgan fingerprint density at radius 1 is 1.26 bits per heavy atom. The Hall–Kier alpha value is -1.36. The summed E-state index contributed by atoms with van der Waals surface area (Å²) in [4.78, 5) is 19.2. The van der Waals surface area contributed by atoms with Crippen molar-refractivity contribution in [1.82, 2.24) is 19.8 Å². The van der Waals surface area contributed by atoms with Gasteiger partial charge >= 0.3 is 0 Å². The molecule has 2 aliphatic rings. The number of likely N-dealkylation sites (tertiary alicyclic amines) is 1. The Balaban J connectivity index is 1.36. The van der Waals surface area contributed by atoms with Crippen molar-refractivity contribution in [2.45, 2.75) is 76.9 Å². The molecule has 1 aliphatic carbocycles. The molecule has 1 saturated carbocycles. The van der Waals surface area contributed by atoms with E-state index in [9.17, 15) is 4.79 Å². The molecule has 1 aromatic heterocycles. The summed E-state index contributed by atoms with van der Waals surface area (Å²) in [6.07, 6.45) is 13.4. The van der Waals surface area contributed by atoms with Crippen LogP contribution in [-0.2, 0) is 11.3 Å². The fourth-order valence-corrected chi connectivity index (χ4v) is 4.12. The Labute approximate surface area is 139 Å². The van der Waals surface area contributed by atoms with Crippen molar-refractivity contribution in [3.05, 3.63) is 18.2 Å². The Kier molecular flexibility index (Phi) is 5.70. The van der Waals surface area contributed by atoms with Crippen molar-refractivity contribution >= 4 is 5.91 Å². The molecule has 1 saturated heterocycles. The molecule has 1 amide bonds. The van der Waals surface area contributed by atoms with E-state index in [1.165, 1.54) is 32.1 Å². The third kappa shape index (κ3) is 4.14. The molecule has 0 aromatic carbocycles. The fourth-order valence-electron chi connectivity index (χ4n) is 4.12. The monoisotopic (exact) mass is 318 g/mol. The largest absolute Gasteiger partial charge is 0.355 e. The molecular formula is C18H30N4O. The number of aromatic nitrogens is 2. The Bertz CT molecular complexity index is 507. The first-order valence-electron chi connectivity index (χ1n) is 9.27. The van der Waals surface area contributed by atoms with Crippen LogP contribution < -0.4 is 5.32 Å². The van der Waals surface area contributed by atoms with Crippen LogP contribution in [0.25, 0.3) is 0 Å². The molecule has 0 bridgehead atoms. The summed E-state index contributed by atoms with van der Waals surface area (Å²) < 4.78 is 2.17. The van der Waals surface area contributed by atoms with Crippen molar-refractivity contribution in [3.63, 3.8) is 0 Å².